The number of halogens is 1. The summed E-state index contributed by atoms with van der Waals surface area (Å²) in [5.74, 6) is -1.06. The van der Waals surface area contributed by atoms with Crippen LogP contribution in [-0.2, 0) is 4.74 Å². The second-order valence-corrected chi connectivity index (χ2v) is 5.66. The molecule has 0 radical (unpaired) electrons. The zero-order chi connectivity index (χ0) is 16.1. The van der Waals surface area contributed by atoms with Crippen molar-refractivity contribution in [3.63, 3.8) is 0 Å². The van der Waals surface area contributed by atoms with Crippen molar-refractivity contribution in [1.82, 2.24) is 5.32 Å². The van der Waals surface area contributed by atoms with E-state index in [1.54, 1.807) is 0 Å². The number of rotatable bonds is 3. The highest BCUT2D eigenvalue weighted by molar-refractivity contribution is 6.32. The number of benzene rings is 1. The monoisotopic (exact) mass is 327 g/mol. The summed E-state index contributed by atoms with van der Waals surface area (Å²) in [6, 6.07) is 4.30. The number of phenols is 1. The number of carbonyl (C=O) groups excluding carboxylic acids is 1. The number of fused-ring (bicyclic) bond motifs is 1. The van der Waals surface area contributed by atoms with E-state index in [0.717, 1.165) is 0 Å². The summed E-state index contributed by atoms with van der Waals surface area (Å²) in [4.78, 5) is 12.2. The number of epoxide rings is 1. The van der Waals surface area contributed by atoms with Gasteiger partial charge in [0.2, 0.25) is 0 Å². The first kappa shape index (κ1) is 15.3. The standard InChI is InChI=1S/C14H14ClNO6/c15-7-3-1-2-6(10(7)19)13(21)16-8-4-9(18)14(5-17)12(22-14)11(8)20/h1-4,9,11-12,17-20H,5H2,(H,16,21)/t9-,11+,12-,14+/m1/s1. The van der Waals surface area contributed by atoms with Gasteiger partial charge < -0.3 is 30.5 Å². The lowest BCUT2D eigenvalue weighted by molar-refractivity contribution is 0.0617. The van der Waals surface area contributed by atoms with Crippen molar-refractivity contribution < 1.29 is 30.0 Å². The minimum Gasteiger partial charge on any atom is -0.506 e. The molecule has 3 rings (SSSR count). The SMILES string of the molecule is O=C(NC1=C[C@@H](O)[C@]2(CO)O[C@@H]2[C@H]1O)c1cccc(Cl)c1O. The number of aromatic hydroxyl groups is 1. The number of para-hydroxylation sites is 1. The number of carbonyl (C=O) groups is 1. The molecular weight excluding hydrogens is 314 g/mol. The Kier molecular flexibility index (Phi) is 3.62. The van der Waals surface area contributed by atoms with E-state index in [-0.39, 0.29) is 22.0 Å². The van der Waals surface area contributed by atoms with Crippen LogP contribution >= 0.6 is 11.6 Å². The van der Waals surface area contributed by atoms with Gasteiger partial charge in [0.25, 0.3) is 5.91 Å². The summed E-state index contributed by atoms with van der Waals surface area (Å²) in [5, 5.41) is 41.5. The van der Waals surface area contributed by atoms with Crippen LogP contribution in [0.5, 0.6) is 5.75 Å². The first-order valence-electron chi connectivity index (χ1n) is 6.56. The van der Waals surface area contributed by atoms with Crippen LogP contribution in [0, 0.1) is 0 Å². The second-order valence-electron chi connectivity index (χ2n) is 5.25. The van der Waals surface area contributed by atoms with Crippen molar-refractivity contribution in [3.05, 3.63) is 40.6 Å². The predicted molar refractivity (Wildman–Crippen MR) is 75.4 cm³/mol. The van der Waals surface area contributed by atoms with Crippen LogP contribution < -0.4 is 5.32 Å². The molecular formula is C14H14ClNO6. The molecule has 1 aromatic carbocycles. The summed E-state index contributed by atoms with van der Waals surface area (Å²) in [6.07, 6.45) is -1.93. The van der Waals surface area contributed by atoms with Gasteiger partial charge in [-0.1, -0.05) is 17.7 Å². The fourth-order valence-corrected chi connectivity index (χ4v) is 2.75. The molecule has 0 aromatic heterocycles. The molecule has 8 heteroatoms. The minimum absolute atomic E-state index is 0.0238. The predicted octanol–water partition coefficient (Wildman–Crippen LogP) is -0.475. The molecule has 0 saturated carbocycles. The first-order valence-corrected chi connectivity index (χ1v) is 6.94. The van der Waals surface area contributed by atoms with Crippen LogP contribution in [0.1, 0.15) is 10.4 Å². The van der Waals surface area contributed by atoms with Crippen molar-refractivity contribution in [1.29, 1.82) is 0 Å². The van der Waals surface area contributed by atoms with Gasteiger partial charge in [0.1, 0.15) is 24.1 Å². The van der Waals surface area contributed by atoms with Crippen molar-refractivity contribution in [2.75, 3.05) is 6.61 Å². The molecule has 5 N–H and O–H groups in total. The smallest absolute Gasteiger partial charge is 0.259 e. The maximum atomic E-state index is 12.2. The van der Waals surface area contributed by atoms with Crippen LogP contribution in [0.25, 0.3) is 0 Å². The fraction of sp³-hybridized carbons (Fsp3) is 0.357. The average Bonchev–Trinajstić information content (AvgIpc) is 3.24. The van der Waals surface area contributed by atoms with Gasteiger partial charge in [0.15, 0.2) is 5.60 Å². The molecule has 4 atom stereocenters. The molecule has 0 bridgehead atoms. The van der Waals surface area contributed by atoms with Crippen molar-refractivity contribution >= 4 is 17.5 Å². The highest BCUT2D eigenvalue weighted by Gasteiger charge is 2.66. The summed E-state index contributed by atoms with van der Waals surface area (Å²) in [7, 11) is 0. The highest BCUT2D eigenvalue weighted by Crippen LogP contribution is 2.46. The Bertz CT molecular complexity index is 663. The molecule has 1 heterocycles. The number of ether oxygens (including phenoxy) is 1. The quantitative estimate of drug-likeness (QED) is 0.478. The fourth-order valence-electron chi connectivity index (χ4n) is 2.58. The van der Waals surface area contributed by atoms with E-state index < -0.39 is 36.4 Å². The van der Waals surface area contributed by atoms with Gasteiger partial charge in [-0.2, -0.15) is 0 Å². The topological polar surface area (TPSA) is 123 Å². The number of nitrogens with one attached hydrogen (secondary N) is 1. The van der Waals surface area contributed by atoms with Gasteiger partial charge in [0, 0.05) is 5.70 Å². The van der Waals surface area contributed by atoms with Gasteiger partial charge in [-0.25, -0.2) is 0 Å². The van der Waals surface area contributed by atoms with Crippen LogP contribution in [0.2, 0.25) is 5.02 Å². The Labute approximate surface area is 130 Å². The lowest BCUT2D eigenvalue weighted by Gasteiger charge is -2.25. The van der Waals surface area contributed by atoms with Crippen LogP contribution in [0.4, 0.5) is 0 Å². The number of hydrogen-bond donors (Lipinski definition) is 5. The van der Waals surface area contributed by atoms with Gasteiger partial charge in [0.05, 0.1) is 17.2 Å². The molecule has 2 aliphatic rings. The van der Waals surface area contributed by atoms with Crippen LogP contribution in [-0.4, -0.2) is 56.9 Å². The summed E-state index contributed by atoms with van der Waals surface area (Å²) < 4.78 is 5.18. The van der Waals surface area contributed by atoms with Crippen molar-refractivity contribution in [2.24, 2.45) is 0 Å². The van der Waals surface area contributed by atoms with E-state index in [4.69, 9.17) is 16.3 Å². The second kappa shape index (κ2) is 5.22. The molecule has 0 unspecified atom stereocenters. The van der Waals surface area contributed by atoms with E-state index in [1.165, 1.54) is 24.3 Å². The summed E-state index contributed by atoms with van der Waals surface area (Å²) in [6.45, 7) is -0.442. The normalized spacial score (nSPS) is 32.9. The van der Waals surface area contributed by atoms with E-state index >= 15 is 0 Å². The van der Waals surface area contributed by atoms with E-state index in [1.807, 2.05) is 0 Å². The van der Waals surface area contributed by atoms with Crippen LogP contribution in [0.15, 0.2) is 30.0 Å². The molecule has 22 heavy (non-hydrogen) atoms. The van der Waals surface area contributed by atoms with Gasteiger partial charge >= 0.3 is 0 Å². The zero-order valence-electron chi connectivity index (χ0n) is 11.2. The van der Waals surface area contributed by atoms with Gasteiger partial charge in [-0.3, -0.25) is 4.79 Å². The molecule has 1 amide bonds. The van der Waals surface area contributed by atoms with E-state index in [9.17, 15) is 25.2 Å². The lowest BCUT2D eigenvalue weighted by atomic mass is 9.88. The molecule has 1 aliphatic carbocycles. The minimum atomic E-state index is -1.20. The number of hydrogen-bond acceptors (Lipinski definition) is 6. The first-order chi connectivity index (χ1) is 10.4. The number of amides is 1. The van der Waals surface area contributed by atoms with E-state index in [0.29, 0.717) is 0 Å². The molecule has 7 nitrogen and oxygen atoms in total. The molecule has 1 aliphatic heterocycles. The maximum Gasteiger partial charge on any atom is 0.259 e. The number of aliphatic hydroxyl groups excluding tert-OH is 3. The third kappa shape index (κ3) is 2.18. The number of phenolic OH excluding ortho intramolecular Hbond substituents is 1. The van der Waals surface area contributed by atoms with Gasteiger partial charge in [-0.15, -0.1) is 0 Å². The summed E-state index contributed by atoms with van der Waals surface area (Å²) in [5.41, 5.74) is -1.22. The Balaban J connectivity index is 1.82. The van der Waals surface area contributed by atoms with Crippen LogP contribution in [0.3, 0.4) is 0 Å². The molecule has 1 fully saturated rings. The molecule has 1 saturated heterocycles. The average molecular weight is 328 g/mol. The Morgan fingerprint density at radius 3 is 2.82 bits per heavy atom. The summed E-state index contributed by atoms with van der Waals surface area (Å²) >= 11 is 5.74. The largest absolute Gasteiger partial charge is 0.506 e. The third-order valence-electron chi connectivity index (χ3n) is 3.95. The zero-order valence-corrected chi connectivity index (χ0v) is 12.0. The van der Waals surface area contributed by atoms with Crippen molar-refractivity contribution in [3.8, 4) is 5.75 Å². The highest BCUT2D eigenvalue weighted by atomic mass is 35.5. The Hall–Kier alpha value is -1.64. The van der Waals surface area contributed by atoms with Crippen molar-refractivity contribution in [2.45, 2.75) is 23.9 Å². The number of aliphatic hydroxyl groups is 3. The molecule has 118 valence electrons. The van der Waals surface area contributed by atoms with E-state index in [2.05, 4.69) is 5.32 Å². The lowest BCUT2D eigenvalue weighted by Crippen LogP contribution is -2.46. The third-order valence-corrected chi connectivity index (χ3v) is 4.26. The maximum absolute atomic E-state index is 12.2. The Morgan fingerprint density at radius 2 is 2.14 bits per heavy atom. The molecule has 0 spiro atoms. The molecule has 1 aromatic rings. The Morgan fingerprint density at radius 1 is 1.41 bits per heavy atom. The van der Waals surface area contributed by atoms with Gasteiger partial charge in [-0.05, 0) is 18.2 Å².